The number of hydrogen-bond donors (Lipinski definition) is 1. The Kier molecular flexibility index (Phi) is 5.84. The first kappa shape index (κ1) is 20.1. The van der Waals surface area contributed by atoms with E-state index in [0.29, 0.717) is 12.0 Å². The lowest BCUT2D eigenvalue weighted by atomic mass is 9.95. The van der Waals surface area contributed by atoms with Crippen molar-refractivity contribution in [2.75, 3.05) is 6.54 Å². The molecule has 0 radical (unpaired) electrons. The van der Waals surface area contributed by atoms with E-state index in [2.05, 4.69) is 10.3 Å². The van der Waals surface area contributed by atoms with Gasteiger partial charge in [-0.25, -0.2) is 9.78 Å². The molecule has 1 aromatic carbocycles. The van der Waals surface area contributed by atoms with Gasteiger partial charge in [-0.05, 0) is 25.5 Å². The van der Waals surface area contributed by atoms with Crippen molar-refractivity contribution < 1.29 is 19.1 Å². The minimum absolute atomic E-state index is 0.0910. The van der Waals surface area contributed by atoms with Gasteiger partial charge in [0.2, 0.25) is 0 Å². The van der Waals surface area contributed by atoms with Crippen LogP contribution in [0.15, 0.2) is 30.3 Å². The van der Waals surface area contributed by atoms with E-state index in [1.165, 1.54) is 0 Å². The van der Waals surface area contributed by atoms with E-state index in [1.54, 1.807) is 13.0 Å². The van der Waals surface area contributed by atoms with Crippen LogP contribution in [-0.4, -0.2) is 39.9 Å². The number of nitrogens with one attached hydrogen (secondary N) is 1. The van der Waals surface area contributed by atoms with Crippen LogP contribution >= 0.6 is 11.6 Å². The van der Waals surface area contributed by atoms with Crippen molar-refractivity contribution >= 4 is 40.4 Å². The highest BCUT2D eigenvalue weighted by atomic mass is 35.5. The average Bonchev–Trinajstić information content (AvgIpc) is 2.88. The maximum atomic E-state index is 12.6. The number of pyridine rings is 1. The molecule has 3 amide bonds. The van der Waals surface area contributed by atoms with Gasteiger partial charge in [0.25, 0.3) is 5.91 Å². The van der Waals surface area contributed by atoms with Crippen LogP contribution in [-0.2, 0) is 20.9 Å². The van der Waals surface area contributed by atoms with E-state index >= 15 is 0 Å². The Morgan fingerprint density at radius 3 is 2.82 bits per heavy atom. The largest absolute Gasteiger partial charge is 0.459 e. The van der Waals surface area contributed by atoms with Gasteiger partial charge < -0.3 is 10.1 Å². The number of aromatic nitrogens is 1. The Morgan fingerprint density at radius 1 is 1.32 bits per heavy atom. The van der Waals surface area contributed by atoms with Crippen LogP contribution in [0.5, 0.6) is 0 Å². The number of imide groups is 1. The average molecular weight is 404 g/mol. The van der Waals surface area contributed by atoms with Crippen molar-refractivity contribution in [1.29, 1.82) is 0 Å². The normalized spacial score (nSPS) is 19.2. The van der Waals surface area contributed by atoms with Gasteiger partial charge >= 0.3 is 12.0 Å². The predicted molar refractivity (Wildman–Crippen MR) is 105 cm³/mol. The first-order valence-corrected chi connectivity index (χ1v) is 9.56. The zero-order valence-corrected chi connectivity index (χ0v) is 16.6. The number of nitrogens with zero attached hydrogens (tertiary/aromatic N) is 2. The second kappa shape index (κ2) is 8.14. The molecule has 1 aliphatic heterocycles. The summed E-state index contributed by atoms with van der Waals surface area (Å²) >= 11 is 6.16. The third-order valence-electron chi connectivity index (χ3n) is 4.80. The van der Waals surface area contributed by atoms with Crippen LogP contribution in [0, 0.1) is 0 Å². The molecule has 7 nitrogen and oxygen atoms in total. The lowest BCUT2D eigenvalue weighted by Gasteiger charge is -2.21. The standard InChI is InChI=1S/C20H22ClN3O4/c1-3-4-9-20(2)18(26)24(19(27)23-20)11-16(25)28-12-14-10-13-7-5-6-8-15(13)22-17(14)21/h5-8,10H,3-4,9,11-12H2,1-2H3,(H,23,27)/t20-/m0/s1. The molecule has 1 atom stereocenters. The van der Waals surface area contributed by atoms with E-state index in [-0.39, 0.29) is 11.8 Å². The molecule has 1 N–H and O–H groups in total. The lowest BCUT2D eigenvalue weighted by Crippen LogP contribution is -2.44. The Hall–Kier alpha value is -2.67. The van der Waals surface area contributed by atoms with Crippen LogP contribution in [0.25, 0.3) is 10.9 Å². The summed E-state index contributed by atoms with van der Waals surface area (Å²) in [5, 5.41) is 3.79. The first-order chi connectivity index (χ1) is 13.3. The quantitative estimate of drug-likeness (QED) is 0.434. The summed E-state index contributed by atoms with van der Waals surface area (Å²) in [4.78, 5) is 42.1. The Labute approximate surface area is 168 Å². The van der Waals surface area contributed by atoms with E-state index in [4.69, 9.17) is 16.3 Å². The van der Waals surface area contributed by atoms with Gasteiger partial charge in [0.15, 0.2) is 0 Å². The minimum Gasteiger partial charge on any atom is -0.459 e. The molecule has 1 aliphatic rings. The van der Waals surface area contributed by atoms with Crippen molar-refractivity contribution in [2.45, 2.75) is 45.3 Å². The molecular formula is C20H22ClN3O4. The van der Waals surface area contributed by atoms with E-state index < -0.39 is 30.0 Å². The van der Waals surface area contributed by atoms with Crippen molar-refractivity contribution in [2.24, 2.45) is 0 Å². The summed E-state index contributed by atoms with van der Waals surface area (Å²) < 4.78 is 5.23. The summed E-state index contributed by atoms with van der Waals surface area (Å²) in [6, 6.07) is 8.68. The molecule has 0 aliphatic carbocycles. The highest BCUT2D eigenvalue weighted by Crippen LogP contribution is 2.24. The second-order valence-electron chi connectivity index (χ2n) is 7.05. The number of ether oxygens (including phenoxy) is 1. The Morgan fingerprint density at radius 2 is 2.07 bits per heavy atom. The van der Waals surface area contributed by atoms with Crippen LogP contribution in [0.1, 0.15) is 38.7 Å². The van der Waals surface area contributed by atoms with Crippen molar-refractivity contribution in [3.8, 4) is 0 Å². The number of carbonyl (C=O) groups is 3. The smallest absolute Gasteiger partial charge is 0.326 e. The summed E-state index contributed by atoms with van der Waals surface area (Å²) in [6.07, 6.45) is 2.23. The molecular weight excluding hydrogens is 382 g/mol. The summed E-state index contributed by atoms with van der Waals surface area (Å²) in [5.74, 6) is -1.10. The molecule has 28 heavy (non-hydrogen) atoms. The Bertz CT molecular complexity index is 933. The fourth-order valence-electron chi connectivity index (χ4n) is 3.16. The van der Waals surface area contributed by atoms with Crippen molar-refractivity contribution in [1.82, 2.24) is 15.2 Å². The van der Waals surface area contributed by atoms with Crippen LogP contribution < -0.4 is 5.32 Å². The number of para-hydroxylation sites is 1. The number of fused-ring (bicyclic) bond motifs is 1. The number of halogens is 1. The van der Waals surface area contributed by atoms with Crippen molar-refractivity contribution in [3.05, 3.63) is 41.0 Å². The number of carbonyl (C=O) groups excluding carboxylic acids is 3. The van der Waals surface area contributed by atoms with Gasteiger partial charge in [0.1, 0.15) is 23.8 Å². The monoisotopic (exact) mass is 403 g/mol. The number of esters is 1. The highest BCUT2D eigenvalue weighted by Gasteiger charge is 2.47. The van der Waals surface area contributed by atoms with Gasteiger partial charge in [0.05, 0.1) is 5.52 Å². The molecule has 3 rings (SSSR count). The van der Waals surface area contributed by atoms with Crippen LogP contribution in [0.2, 0.25) is 5.15 Å². The van der Waals surface area contributed by atoms with E-state index in [1.807, 2.05) is 31.2 Å². The molecule has 0 unspecified atom stereocenters. The molecule has 1 fully saturated rings. The van der Waals surface area contributed by atoms with E-state index in [9.17, 15) is 14.4 Å². The SMILES string of the molecule is CCCC[C@]1(C)NC(=O)N(CC(=O)OCc2cc3ccccc3nc2Cl)C1=O. The van der Waals surface area contributed by atoms with Gasteiger partial charge in [-0.3, -0.25) is 14.5 Å². The molecule has 1 aromatic heterocycles. The minimum atomic E-state index is -0.973. The zero-order chi connectivity index (χ0) is 20.3. The Balaban J connectivity index is 1.62. The predicted octanol–water partition coefficient (Wildman–Crippen LogP) is 3.43. The summed E-state index contributed by atoms with van der Waals surface area (Å²) in [7, 11) is 0. The number of benzene rings is 1. The molecule has 0 saturated carbocycles. The fourth-order valence-corrected chi connectivity index (χ4v) is 3.36. The number of amides is 3. The fraction of sp³-hybridized carbons (Fsp3) is 0.400. The molecule has 1 saturated heterocycles. The molecule has 148 valence electrons. The van der Waals surface area contributed by atoms with E-state index in [0.717, 1.165) is 28.6 Å². The number of rotatable bonds is 7. The number of unbranched alkanes of at least 4 members (excludes halogenated alkanes) is 1. The summed E-state index contributed by atoms with van der Waals surface area (Å²) in [5.41, 5.74) is 0.325. The molecule has 0 spiro atoms. The zero-order valence-electron chi connectivity index (χ0n) is 15.8. The maximum absolute atomic E-state index is 12.6. The lowest BCUT2D eigenvalue weighted by molar-refractivity contribution is -0.148. The van der Waals surface area contributed by atoms with Crippen LogP contribution in [0.3, 0.4) is 0 Å². The topological polar surface area (TPSA) is 88.6 Å². The van der Waals surface area contributed by atoms with Gasteiger partial charge in [-0.1, -0.05) is 49.6 Å². The number of hydrogen-bond acceptors (Lipinski definition) is 5. The van der Waals surface area contributed by atoms with Gasteiger partial charge in [0, 0.05) is 10.9 Å². The van der Waals surface area contributed by atoms with Crippen LogP contribution in [0.4, 0.5) is 4.79 Å². The first-order valence-electron chi connectivity index (χ1n) is 9.18. The molecule has 0 bridgehead atoms. The maximum Gasteiger partial charge on any atom is 0.326 e. The third kappa shape index (κ3) is 4.09. The molecule has 8 heteroatoms. The number of urea groups is 1. The van der Waals surface area contributed by atoms with Crippen molar-refractivity contribution in [3.63, 3.8) is 0 Å². The van der Waals surface area contributed by atoms with Gasteiger partial charge in [-0.2, -0.15) is 0 Å². The summed E-state index contributed by atoms with van der Waals surface area (Å²) in [6.45, 7) is 3.15. The molecule has 2 aromatic rings. The molecule has 2 heterocycles. The highest BCUT2D eigenvalue weighted by molar-refractivity contribution is 6.30. The third-order valence-corrected chi connectivity index (χ3v) is 5.13. The second-order valence-corrected chi connectivity index (χ2v) is 7.41. The van der Waals surface area contributed by atoms with Gasteiger partial charge in [-0.15, -0.1) is 0 Å².